The van der Waals surface area contributed by atoms with Crippen molar-refractivity contribution in [2.75, 3.05) is 26.3 Å². The average molecular weight is 1480 g/mol. The fraction of sp³-hybridized carbons (Fsp3) is 0.390. The number of nitrogens with zero attached hydrogens (tertiary/aromatic N) is 2. The Bertz CT molecular complexity index is 4570. The minimum absolute atomic E-state index is 0.0143. The number of aliphatic imine (C=N–C) groups is 2. The van der Waals surface area contributed by atoms with Crippen LogP contribution in [0.3, 0.4) is 0 Å². The van der Waals surface area contributed by atoms with Crippen LogP contribution in [0.15, 0.2) is 153 Å². The Morgan fingerprint density at radius 1 is 0.481 bits per heavy atom. The predicted molar refractivity (Wildman–Crippen MR) is 416 cm³/mol. The molecule has 2 aliphatic heterocycles. The van der Waals surface area contributed by atoms with E-state index in [0.29, 0.717) is 46.6 Å². The number of fused-ring (bicyclic) bond motifs is 4. The molecule has 0 saturated heterocycles. The molecule has 24 heteroatoms. The highest BCUT2D eigenvalue weighted by Crippen LogP contribution is 2.47. The number of carbonyl (C=O) groups excluding carboxylic acids is 4. The minimum atomic E-state index is -4.16. The number of nitrogens with two attached hydrogens (primary N) is 2. The number of guanidine groups is 2. The van der Waals surface area contributed by atoms with Crippen molar-refractivity contribution in [1.82, 2.24) is 30.7 Å². The van der Waals surface area contributed by atoms with Crippen molar-refractivity contribution in [1.29, 1.82) is 0 Å². The van der Waals surface area contributed by atoms with Crippen molar-refractivity contribution in [2.45, 2.75) is 192 Å². The lowest BCUT2D eigenvalue weighted by molar-refractivity contribution is -0.129. The molecule has 8 aromatic carbocycles. The molecule has 562 valence electrons. The second kappa shape index (κ2) is 34.4. The van der Waals surface area contributed by atoms with E-state index >= 15 is 0 Å². The number of benzene rings is 8. The van der Waals surface area contributed by atoms with Gasteiger partial charge in [0.15, 0.2) is 0 Å². The standard InChI is InChI=1S/C82H100N10O12S2/c1-51-53(3)75(55(5)61-41-43-81(7,8)103-73(51)61)105(97,98)91-79(83)85-45-21-33-65(77(95)87-49-57-25-13-11-14-26-57)89-69(93)35-23-47-101-67-39-37-59-29-17-19-31-63(59)71(67)72-64-32-20-18-30-60(64)38-40-68(72)102-48-24-36-70(94)90-66(78(96)88-50-58-27-15-12-16-28-58)34-22-46-86-80(84)92-106(99,100)76-54(4)52(2)74-62(56(76)6)42-44-82(9,10)104-74/h11-20,25-32,37-40,65-66H,21-24,33-36,41-50H2,1-10H3,(H,87,95)(H,88,96)(H,89,93)(H,90,94)(H3,83,85,91)(H3,84,86,92)/t65-,66-/m1/s1. The van der Waals surface area contributed by atoms with E-state index in [4.69, 9.17) is 30.4 Å². The van der Waals surface area contributed by atoms with Crippen LogP contribution in [0.1, 0.15) is 148 Å². The molecular weight excluding hydrogens is 1380 g/mol. The molecule has 0 radical (unpaired) electrons. The zero-order valence-electron chi connectivity index (χ0n) is 62.3. The minimum Gasteiger partial charge on any atom is -0.493 e. The molecule has 10 N–H and O–H groups in total. The molecule has 2 atom stereocenters. The molecule has 8 aromatic rings. The molecule has 0 spiro atoms. The molecule has 0 unspecified atom stereocenters. The normalized spacial score (nSPS) is 14.7. The number of hydrogen-bond donors (Lipinski definition) is 8. The van der Waals surface area contributed by atoms with Gasteiger partial charge in [0, 0.05) is 50.1 Å². The molecule has 0 aromatic heterocycles. The van der Waals surface area contributed by atoms with Gasteiger partial charge < -0.3 is 51.7 Å². The highest BCUT2D eigenvalue weighted by Gasteiger charge is 2.36. The molecular formula is C82H100N10O12S2. The molecule has 2 heterocycles. The van der Waals surface area contributed by atoms with Crippen LogP contribution in [-0.4, -0.2) is 102 Å². The van der Waals surface area contributed by atoms with Gasteiger partial charge >= 0.3 is 0 Å². The highest BCUT2D eigenvalue weighted by molar-refractivity contribution is 7.90. The number of ether oxygens (including phenoxy) is 4. The molecule has 0 saturated carbocycles. The van der Waals surface area contributed by atoms with Crippen molar-refractivity contribution in [2.24, 2.45) is 21.5 Å². The molecule has 22 nitrogen and oxygen atoms in total. The summed E-state index contributed by atoms with van der Waals surface area (Å²) in [4.78, 5) is 64.5. The van der Waals surface area contributed by atoms with Gasteiger partial charge in [-0.25, -0.2) is 26.3 Å². The SMILES string of the molecule is Cc1c(C)c(S(=O)(=O)NC(N)=NCCC[C@@H](NC(=O)CCCOc2ccc3ccccc3c2-c2c(OCCCC(=O)N[C@H](CCCN=C(N)NS(=O)(=O)c3c(C)c(C)c4c(c3C)CCC(C)(C)O4)C(=O)NCc3ccccc3)ccc3ccccc23)C(=O)NCc2ccccc2)c(C)c2c1OC(C)(C)CC2. The topological polar surface area (TPSA) is 322 Å². The Hall–Kier alpha value is -10.2. The van der Waals surface area contributed by atoms with Gasteiger partial charge in [-0.05, 0) is 223 Å². The lowest BCUT2D eigenvalue weighted by Gasteiger charge is -2.35. The van der Waals surface area contributed by atoms with Gasteiger partial charge in [-0.2, -0.15) is 0 Å². The molecule has 0 fully saturated rings. The zero-order valence-corrected chi connectivity index (χ0v) is 64.0. The second-order valence-corrected chi connectivity index (χ2v) is 31.9. The third-order valence-corrected chi connectivity index (χ3v) is 23.0. The number of sulfonamides is 2. The molecule has 0 bridgehead atoms. The van der Waals surface area contributed by atoms with Crippen LogP contribution in [0.25, 0.3) is 32.7 Å². The van der Waals surface area contributed by atoms with Crippen molar-refractivity contribution >= 4 is 77.1 Å². The summed E-state index contributed by atoms with van der Waals surface area (Å²) in [5.74, 6) is 0.357. The predicted octanol–water partition coefficient (Wildman–Crippen LogP) is 11.8. The van der Waals surface area contributed by atoms with Crippen LogP contribution >= 0.6 is 0 Å². The van der Waals surface area contributed by atoms with Crippen LogP contribution in [0.5, 0.6) is 23.0 Å². The third-order valence-electron chi connectivity index (χ3n) is 19.8. The molecule has 10 rings (SSSR count). The Balaban J connectivity index is 0.771. The molecule has 106 heavy (non-hydrogen) atoms. The van der Waals surface area contributed by atoms with Gasteiger partial charge in [0.2, 0.25) is 35.5 Å². The van der Waals surface area contributed by atoms with Gasteiger partial charge in [-0.3, -0.25) is 29.2 Å². The van der Waals surface area contributed by atoms with Gasteiger partial charge in [0.25, 0.3) is 20.0 Å². The summed E-state index contributed by atoms with van der Waals surface area (Å²) >= 11 is 0. The molecule has 2 aliphatic rings. The summed E-state index contributed by atoms with van der Waals surface area (Å²) in [5, 5.41) is 15.4. The number of rotatable bonds is 31. The van der Waals surface area contributed by atoms with E-state index in [2.05, 4.69) is 40.7 Å². The van der Waals surface area contributed by atoms with Crippen molar-refractivity contribution < 1.29 is 55.0 Å². The summed E-state index contributed by atoms with van der Waals surface area (Å²) in [6.07, 6.45) is 4.26. The van der Waals surface area contributed by atoms with Gasteiger partial charge in [-0.1, -0.05) is 121 Å². The van der Waals surface area contributed by atoms with Crippen LogP contribution in [-0.2, 0) is 65.2 Å². The first kappa shape index (κ1) is 78.4. The maximum Gasteiger partial charge on any atom is 0.264 e. The highest BCUT2D eigenvalue weighted by atomic mass is 32.2. The van der Waals surface area contributed by atoms with Crippen LogP contribution < -0.4 is 61.1 Å². The van der Waals surface area contributed by atoms with E-state index in [9.17, 15) is 36.0 Å². The Labute approximate surface area is 622 Å². The molecule has 4 amide bonds. The monoisotopic (exact) mass is 1480 g/mol. The maximum atomic E-state index is 14.0. The van der Waals surface area contributed by atoms with Crippen molar-refractivity contribution in [3.8, 4) is 34.1 Å². The number of nitrogens with one attached hydrogen (secondary N) is 6. The summed E-state index contributed by atoms with van der Waals surface area (Å²) in [6, 6.07) is 40.5. The van der Waals surface area contributed by atoms with E-state index in [0.717, 1.165) is 90.4 Å². The molecule has 0 aliphatic carbocycles. The first-order chi connectivity index (χ1) is 50.5. The second-order valence-electron chi connectivity index (χ2n) is 28.6. The first-order valence-electron chi connectivity index (χ1n) is 36.3. The Morgan fingerprint density at radius 3 is 1.24 bits per heavy atom. The summed E-state index contributed by atoms with van der Waals surface area (Å²) in [5.41, 5.74) is 20.5. The number of carbonyl (C=O) groups is 4. The third kappa shape index (κ3) is 19.4. The van der Waals surface area contributed by atoms with Crippen LogP contribution in [0.2, 0.25) is 0 Å². The summed E-state index contributed by atoms with van der Waals surface area (Å²) in [6.45, 7) is 19.7. The van der Waals surface area contributed by atoms with E-state index in [1.807, 2.05) is 175 Å². The fourth-order valence-electron chi connectivity index (χ4n) is 13.9. The summed E-state index contributed by atoms with van der Waals surface area (Å²) in [7, 11) is -8.31. The van der Waals surface area contributed by atoms with Crippen molar-refractivity contribution in [3.63, 3.8) is 0 Å². The lowest BCUT2D eigenvalue weighted by atomic mass is 9.88. The van der Waals surface area contributed by atoms with E-state index in [-0.39, 0.29) is 135 Å². The van der Waals surface area contributed by atoms with Crippen LogP contribution in [0.4, 0.5) is 0 Å². The smallest absolute Gasteiger partial charge is 0.264 e. The van der Waals surface area contributed by atoms with E-state index in [1.54, 1.807) is 27.7 Å². The van der Waals surface area contributed by atoms with Gasteiger partial charge in [0.1, 0.15) is 46.3 Å². The maximum absolute atomic E-state index is 14.0. The fourth-order valence-corrected chi connectivity index (χ4v) is 17.0. The van der Waals surface area contributed by atoms with Crippen molar-refractivity contribution in [3.05, 3.63) is 189 Å². The Kier molecular flexibility index (Phi) is 25.4. The number of amides is 4. The summed E-state index contributed by atoms with van der Waals surface area (Å²) < 4.78 is 86.7. The van der Waals surface area contributed by atoms with E-state index < -0.39 is 43.9 Å². The van der Waals surface area contributed by atoms with E-state index in [1.165, 1.54) is 0 Å². The lowest BCUT2D eigenvalue weighted by Crippen LogP contribution is -2.46. The first-order valence-corrected chi connectivity index (χ1v) is 39.3. The largest absolute Gasteiger partial charge is 0.493 e. The van der Waals surface area contributed by atoms with Gasteiger partial charge in [0.05, 0.1) is 23.0 Å². The van der Waals surface area contributed by atoms with Crippen LogP contribution in [0, 0.1) is 41.5 Å². The zero-order chi connectivity index (χ0) is 76.1. The van der Waals surface area contributed by atoms with Gasteiger partial charge in [-0.15, -0.1) is 0 Å². The Morgan fingerprint density at radius 2 is 0.849 bits per heavy atom. The number of hydrogen-bond acceptors (Lipinski definition) is 14. The average Bonchev–Trinajstić information content (AvgIpc) is 0.764. The quantitative estimate of drug-likeness (QED) is 0.0114.